The molecule has 2 aromatic carbocycles. The van der Waals surface area contributed by atoms with Crippen LogP contribution in [0, 0.1) is 13.8 Å². The van der Waals surface area contributed by atoms with Gasteiger partial charge < -0.3 is 10.5 Å². The molecule has 3 heteroatoms. The van der Waals surface area contributed by atoms with Crippen molar-refractivity contribution in [1.29, 1.82) is 0 Å². The molecule has 3 nitrogen and oxygen atoms in total. The molecule has 2 aromatic rings. The summed E-state index contributed by atoms with van der Waals surface area (Å²) in [5.74, 6) is 0.564. The zero-order valence-corrected chi connectivity index (χ0v) is 11.4. The van der Waals surface area contributed by atoms with Crippen LogP contribution in [-0.2, 0) is 0 Å². The van der Waals surface area contributed by atoms with Crippen LogP contribution >= 0.6 is 0 Å². The van der Waals surface area contributed by atoms with Gasteiger partial charge in [-0.1, -0.05) is 6.07 Å². The number of nitrogen functional groups attached to an aromatic ring is 1. The maximum Gasteiger partial charge on any atom is 0.197 e. The van der Waals surface area contributed by atoms with E-state index in [1.807, 2.05) is 26.0 Å². The molecule has 0 saturated heterocycles. The Labute approximate surface area is 113 Å². The highest BCUT2D eigenvalue weighted by Crippen LogP contribution is 2.27. The summed E-state index contributed by atoms with van der Waals surface area (Å²) < 4.78 is 5.33. The van der Waals surface area contributed by atoms with Gasteiger partial charge >= 0.3 is 0 Å². The molecule has 0 aliphatic carbocycles. The quantitative estimate of drug-likeness (QED) is 0.677. The first-order valence-electron chi connectivity index (χ1n) is 6.08. The van der Waals surface area contributed by atoms with Crippen molar-refractivity contribution in [3.05, 3.63) is 58.7 Å². The van der Waals surface area contributed by atoms with Crippen LogP contribution in [0.25, 0.3) is 0 Å². The molecule has 0 unspecified atom stereocenters. The van der Waals surface area contributed by atoms with Gasteiger partial charge in [-0.3, -0.25) is 4.79 Å². The number of ether oxygens (including phenoxy) is 1. The molecule has 0 bridgehead atoms. The second kappa shape index (κ2) is 5.14. The smallest absolute Gasteiger partial charge is 0.197 e. The van der Waals surface area contributed by atoms with Gasteiger partial charge in [0.15, 0.2) is 5.78 Å². The van der Waals surface area contributed by atoms with Crippen molar-refractivity contribution in [2.24, 2.45) is 0 Å². The number of aryl methyl sites for hydroxylation is 2. The van der Waals surface area contributed by atoms with Crippen LogP contribution < -0.4 is 10.5 Å². The van der Waals surface area contributed by atoms with Gasteiger partial charge in [0.1, 0.15) is 5.75 Å². The van der Waals surface area contributed by atoms with Crippen molar-refractivity contribution >= 4 is 11.5 Å². The minimum absolute atomic E-state index is 0.0469. The highest BCUT2D eigenvalue weighted by molar-refractivity contribution is 6.11. The number of methoxy groups -OCH3 is 1. The number of nitrogens with two attached hydrogens (primary N) is 1. The molecule has 0 amide bonds. The molecule has 2 N–H and O–H groups in total. The number of anilines is 1. The average Bonchev–Trinajstić information content (AvgIpc) is 2.38. The molecule has 0 fully saturated rings. The molecule has 0 radical (unpaired) electrons. The highest BCUT2D eigenvalue weighted by atomic mass is 16.5. The fourth-order valence-corrected chi connectivity index (χ4v) is 2.16. The third kappa shape index (κ3) is 2.60. The number of carbonyl (C=O) groups is 1. The van der Waals surface area contributed by atoms with Gasteiger partial charge in [0, 0.05) is 11.3 Å². The predicted molar refractivity (Wildman–Crippen MR) is 76.8 cm³/mol. The Morgan fingerprint density at radius 1 is 1.11 bits per heavy atom. The van der Waals surface area contributed by atoms with E-state index in [0.29, 0.717) is 22.6 Å². The Kier molecular flexibility index (Phi) is 3.56. The average molecular weight is 255 g/mol. The monoisotopic (exact) mass is 255 g/mol. The summed E-state index contributed by atoms with van der Waals surface area (Å²) in [7, 11) is 1.58. The van der Waals surface area contributed by atoms with Crippen molar-refractivity contribution in [3.63, 3.8) is 0 Å². The van der Waals surface area contributed by atoms with Gasteiger partial charge in [0.2, 0.25) is 0 Å². The number of benzene rings is 2. The Morgan fingerprint density at radius 3 is 2.32 bits per heavy atom. The van der Waals surface area contributed by atoms with Crippen molar-refractivity contribution in [2.75, 3.05) is 12.8 Å². The summed E-state index contributed by atoms with van der Waals surface area (Å²) in [6, 6.07) is 10.8. The van der Waals surface area contributed by atoms with E-state index >= 15 is 0 Å². The summed E-state index contributed by atoms with van der Waals surface area (Å²) >= 11 is 0. The molecular weight excluding hydrogens is 238 g/mol. The summed E-state index contributed by atoms with van der Waals surface area (Å²) in [6.45, 7) is 3.90. The van der Waals surface area contributed by atoms with E-state index in [-0.39, 0.29) is 5.78 Å². The number of rotatable bonds is 3. The maximum atomic E-state index is 12.5. The second-order valence-electron chi connectivity index (χ2n) is 4.61. The lowest BCUT2D eigenvalue weighted by atomic mass is 9.96. The van der Waals surface area contributed by atoms with Crippen molar-refractivity contribution in [1.82, 2.24) is 0 Å². The number of hydrogen-bond donors (Lipinski definition) is 1. The lowest BCUT2D eigenvalue weighted by Crippen LogP contribution is -2.07. The topological polar surface area (TPSA) is 52.3 Å². The van der Waals surface area contributed by atoms with E-state index in [9.17, 15) is 4.79 Å². The first-order valence-corrected chi connectivity index (χ1v) is 6.08. The van der Waals surface area contributed by atoms with Crippen LogP contribution in [0.1, 0.15) is 27.0 Å². The second-order valence-corrected chi connectivity index (χ2v) is 4.61. The van der Waals surface area contributed by atoms with Gasteiger partial charge in [-0.2, -0.15) is 0 Å². The van der Waals surface area contributed by atoms with Crippen molar-refractivity contribution in [3.8, 4) is 5.75 Å². The molecule has 0 aliphatic rings. The fraction of sp³-hybridized carbons (Fsp3) is 0.188. The zero-order valence-electron chi connectivity index (χ0n) is 11.4. The molecule has 0 aromatic heterocycles. The van der Waals surface area contributed by atoms with E-state index in [1.54, 1.807) is 31.4 Å². The first-order chi connectivity index (χ1) is 9.02. The van der Waals surface area contributed by atoms with Gasteiger partial charge in [-0.05, 0) is 55.3 Å². The molecule has 19 heavy (non-hydrogen) atoms. The van der Waals surface area contributed by atoms with Crippen LogP contribution in [0.15, 0.2) is 36.4 Å². The Morgan fingerprint density at radius 2 is 1.74 bits per heavy atom. The minimum Gasteiger partial charge on any atom is -0.496 e. The first kappa shape index (κ1) is 13.1. The molecule has 0 saturated carbocycles. The van der Waals surface area contributed by atoms with Gasteiger partial charge in [0.05, 0.1) is 12.7 Å². The van der Waals surface area contributed by atoms with Crippen molar-refractivity contribution in [2.45, 2.75) is 13.8 Å². The van der Waals surface area contributed by atoms with Gasteiger partial charge in [0.25, 0.3) is 0 Å². The molecule has 0 atom stereocenters. The lowest BCUT2D eigenvalue weighted by molar-refractivity contribution is 0.103. The van der Waals surface area contributed by atoms with Crippen LogP contribution in [-0.4, -0.2) is 12.9 Å². The Bertz CT molecular complexity index is 615. The molecule has 98 valence electrons. The van der Waals surface area contributed by atoms with Crippen LogP contribution in [0.4, 0.5) is 5.69 Å². The van der Waals surface area contributed by atoms with Crippen LogP contribution in [0.3, 0.4) is 0 Å². The molecule has 0 heterocycles. The number of ketones is 1. The van der Waals surface area contributed by atoms with E-state index in [4.69, 9.17) is 10.5 Å². The molecule has 0 aliphatic heterocycles. The lowest BCUT2D eigenvalue weighted by Gasteiger charge is -2.12. The fourth-order valence-electron chi connectivity index (χ4n) is 2.16. The van der Waals surface area contributed by atoms with E-state index in [2.05, 4.69) is 0 Å². The SMILES string of the molecule is COc1cc(C)cc(C)c1C(=O)c1ccc(N)cc1. The summed E-state index contributed by atoms with van der Waals surface area (Å²) in [6.07, 6.45) is 0. The van der Waals surface area contributed by atoms with Crippen molar-refractivity contribution < 1.29 is 9.53 Å². The summed E-state index contributed by atoms with van der Waals surface area (Å²) in [5, 5.41) is 0. The van der Waals surface area contributed by atoms with E-state index < -0.39 is 0 Å². The third-order valence-electron chi connectivity index (χ3n) is 3.06. The standard InChI is InChI=1S/C16H17NO2/c1-10-8-11(2)15(14(9-10)19-3)16(18)12-4-6-13(17)7-5-12/h4-9H,17H2,1-3H3. The van der Waals surface area contributed by atoms with Gasteiger partial charge in [-0.25, -0.2) is 0 Å². The number of hydrogen-bond acceptors (Lipinski definition) is 3. The zero-order chi connectivity index (χ0) is 14.0. The summed E-state index contributed by atoms with van der Waals surface area (Å²) in [4.78, 5) is 12.5. The maximum absolute atomic E-state index is 12.5. The van der Waals surface area contributed by atoms with Crippen LogP contribution in [0.2, 0.25) is 0 Å². The van der Waals surface area contributed by atoms with E-state index in [0.717, 1.165) is 11.1 Å². The molecule has 2 rings (SSSR count). The predicted octanol–water partition coefficient (Wildman–Crippen LogP) is 3.13. The van der Waals surface area contributed by atoms with Crippen LogP contribution in [0.5, 0.6) is 5.75 Å². The minimum atomic E-state index is -0.0469. The Hall–Kier alpha value is -2.29. The van der Waals surface area contributed by atoms with E-state index in [1.165, 1.54) is 0 Å². The molecule has 0 spiro atoms. The largest absolute Gasteiger partial charge is 0.496 e. The van der Waals surface area contributed by atoms with Gasteiger partial charge in [-0.15, -0.1) is 0 Å². The summed E-state index contributed by atoms with van der Waals surface area (Å²) in [5.41, 5.74) is 9.49. The molecular formula is C16H17NO2. The Balaban J connectivity index is 2.52. The third-order valence-corrected chi connectivity index (χ3v) is 3.06. The normalized spacial score (nSPS) is 10.3. The number of carbonyl (C=O) groups excluding carboxylic acids is 1. The highest BCUT2D eigenvalue weighted by Gasteiger charge is 2.17.